The Balaban J connectivity index is 1.64. The summed E-state index contributed by atoms with van der Waals surface area (Å²) in [6.45, 7) is 6.30. The molecule has 1 aliphatic heterocycles. The van der Waals surface area contributed by atoms with Crippen molar-refractivity contribution in [3.63, 3.8) is 0 Å². The molecule has 1 amide bonds. The van der Waals surface area contributed by atoms with Gasteiger partial charge in [0.15, 0.2) is 5.13 Å². The van der Waals surface area contributed by atoms with Gasteiger partial charge in [0.25, 0.3) is 5.91 Å². The van der Waals surface area contributed by atoms with Crippen LogP contribution < -0.4 is 5.32 Å². The van der Waals surface area contributed by atoms with Gasteiger partial charge in [0.2, 0.25) is 0 Å². The summed E-state index contributed by atoms with van der Waals surface area (Å²) in [6, 6.07) is 2.35. The number of thiazole rings is 1. The van der Waals surface area contributed by atoms with Crippen LogP contribution in [0.5, 0.6) is 0 Å². The van der Waals surface area contributed by atoms with Gasteiger partial charge in [-0.15, -0.1) is 0 Å². The number of likely N-dealkylation sites (tertiary alicyclic amines) is 1. The van der Waals surface area contributed by atoms with Crippen molar-refractivity contribution in [2.45, 2.75) is 32.7 Å². The molecule has 3 heterocycles. The van der Waals surface area contributed by atoms with Crippen LogP contribution in [0.4, 0.5) is 5.13 Å². The maximum atomic E-state index is 12.7. The first-order valence-corrected chi connectivity index (χ1v) is 8.50. The summed E-state index contributed by atoms with van der Waals surface area (Å²) in [7, 11) is 0. The lowest BCUT2D eigenvalue weighted by molar-refractivity contribution is 0.0694. The Hall–Kier alpha value is -1.89. The molecule has 0 saturated carbocycles. The van der Waals surface area contributed by atoms with Gasteiger partial charge < -0.3 is 10.2 Å². The van der Waals surface area contributed by atoms with Crippen LogP contribution in [-0.4, -0.2) is 45.2 Å². The van der Waals surface area contributed by atoms with Gasteiger partial charge >= 0.3 is 0 Å². The normalized spacial score (nSPS) is 16.0. The Kier molecular flexibility index (Phi) is 4.42. The molecule has 7 heteroatoms. The van der Waals surface area contributed by atoms with Gasteiger partial charge in [0, 0.05) is 32.0 Å². The minimum Gasteiger partial charge on any atom is -0.362 e. The Bertz CT molecular complexity index is 628. The van der Waals surface area contributed by atoms with E-state index in [1.807, 2.05) is 35.7 Å². The molecule has 2 aromatic rings. The SMILES string of the molecule is CCNc1nc(C)c(C(=O)N2CCC(n3cccn3)CC2)s1. The number of rotatable bonds is 4. The van der Waals surface area contributed by atoms with Crippen molar-refractivity contribution < 1.29 is 4.79 Å². The van der Waals surface area contributed by atoms with Crippen molar-refractivity contribution in [1.82, 2.24) is 19.7 Å². The van der Waals surface area contributed by atoms with Crippen molar-refractivity contribution in [3.05, 3.63) is 29.0 Å². The van der Waals surface area contributed by atoms with Crippen molar-refractivity contribution >= 4 is 22.4 Å². The van der Waals surface area contributed by atoms with Crippen LogP contribution in [0.3, 0.4) is 0 Å². The summed E-state index contributed by atoms with van der Waals surface area (Å²) >= 11 is 1.45. The van der Waals surface area contributed by atoms with Gasteiger partial charge in [0.05, 0.1) is 11.7 Å². The van der Waals surface area contributed by atoms with Crippen molar-refractivity contribution in [3.8, 4) is 0 Å². The molecule has 0 aromatic carbocycles. The van der Waals surface area contributed by atoms with Crippen molar-refractivity contribution in [1.29, 1.82) is 0 Å². The third-order valence-electron chi connectivity index (χ3n) is 3.97. The van der Waals surface area contributed by atoms with Crippen LogP contribution in [0.15, 0.2) is 18.5 Å². The molecule has 1 aliphatic rings. The molecule has 0 unspecified atom stereocenters. The molecule has 0 aliphatic carbocycles. The Morgan fingerprint density at radius 2 is 2.23 bits per heavy atom. The number of anilines is 1. The number of carbonyl (C=O) groups excluding carboxylic acids is 1. The van der Waals surface area contributed by atoms with E-state index in [0.29, 0.717) is 6.04 Å². The van der Waals surface area contributed by atoms with E-state index in [-0.39, 0.29) is 5.91 Å². The summed E-state index contributed by atoms with van der Waals surface area (Å²) in [5.41, 5.74) is 0.820. The number of piperidine rings is 1. The fourth-order valence-corrected chi connectivity index (χ4v) is 3.80. The van der Waals surface area contributed by atoms with E-state index in [2.05, 4.69) is 15.4 Å². The minimum absolute atomic E-state index is 0.109. The molecule has 2 aromatic heterocycles. The van der Waals surface area contributed by atoms with Gasteiger partial charge in [0.1, 0.15) is 4.88 Å². The lowest BCUT2D eigenvalue weighted by Gasteiger charge is -2.31. The van der Waals surface area contributed by atoms with E-state index in [1.165, 1.54) is 11.3 Å². The highest BCUT2D eigenvalue weighted by Crippen LogP contribution is 2.27. The standard InChI is InChI=1S/C15H21N5OS/c1-3-16-15-18-11(2)13(22-15)14(21)19-9-5-12(6-10-19)20-8-4-7-17-20/h4,7-8,12H,3,5-6,9-10H2,1-2H3,(H,16,18). The first-order chi connectivity index (χ1) is 10.7. The third kappa shape index (κ3) is 2.99. The Labute approximate surface area is 134 Å². The number of nitrogens with one attached hydrogen (secondary N) is 1. The second-order valence-electron chi connectivity index (χ2n) is 5.47. The summed E-state index contributed by atoms with van der Waals surface area (Å²) in [4.78, 5) is 19.8. The molecule has 118 valence electrons. The molecule has 0 atom stereocenters. The van der Waals surface area contributed by atoms with Gasteiger partial charge in [-0.25, -0.2) is 4.98 Å². The average molecular weight is 319 g/mol. The molecule has 0 spiro atoms. The zero-order valence-electron chi connectivity index (χ0n) is 13.0. The van der Waals surface area contributed by atoms with Gasteiger partial charge in [-0.05, 0) is 32.8 Å². The number of aromatic nitrogens is 3. The van der Waals surface area contributed by atoms with E-state index in [1.54, 1.807) is 6.20 Å². The lowest BCUT2D eigenvalue weighted by atomic mass is 10.1. The summed E-state index contributed by atoms with van der Waals surface area (Å²) < 4.78 is 2.00. The smallest absolute Gasteiger partial charge is 0.265 e. The summed E-state index contributed by atoms with van der Waals surface area (Å²) in [6.07, 6.45) is 5.70. The molecule has 6 nitrogen and oxygen atoms in total. The number of hydrogen-bond acceptors (Lipinski definition) is 5. The fraction of sp³-hybridized carbons (Fsp3) is 0.533. The Morgan fingerprint density at radius 3 is 2.86 bits per heavy atom. The molecule has 0 radical (unpaired) electrons. The average Bonchev–Trinajstić information content (AvgIpc) is 3.17. The number of amides is 1. The molecule has 22 heavy (non-hydrogen) atoms. The molecule has 1 N–H and O–H groups in total. The van der Waals surface area contributed by atoms with Crippen LogP contribution in [0.1, 0.15) is 41.2 Å². The fourth-order valence-electron chi connectivity index (χ4n) is 2.80. The van der Waals surface area contributed by atoms with Gasteiger partial charge in [-0.3, -0.25) is 9.48 Å². The predicted octanol–water partition coefficient (Wildman–Crippen LogP) is 2.56. The molecule has 1 saturated heterocycles. The van der Waals surface area contributed by atoms with E-state index in [9.17, 15) is 4.79 Å². The van der Waals surface area contributed by atoms with E-state index in [4.69, 9.17) is 0 Å². The number of aryl methyl sites for hydroxylation is 1. The van der Waals surface area contributed by atoms with Crippen LogP contribution in [-0.2, 0) is 0 Å². The molecule has 0 bridgehead atoms. The highest BCUT2D eigenvalue weighted by molar-refractivity contribution is 7.17. The first-order valence-electron chi connectivity index (χ1n) is 7.68. The van der Waals surface area contributed by atoms with Gasteiger partial charge in [-0.2, -0.15) is 5.10 Å². The van der Waals surface area contributed by atoms with Crippen LogP contribution >= 0.6 is 11.3 Å². The lowest BCUT2D eigenvalue weighted by Crippen LogP contribution is -2.39. The van der Waals surface area contributed by atoms with Crippen molar-refractivity contribution in [2.75, 3.05) is 25.0 Å². The van der Waals surface area contributed by atoms with Crippen LogP contribution in [0, 0.1) is 6.92 Å². The van der Waals surface area contributed by atoms with Gasteiger partial charge in [-0.1, -0.05) is 11.3 Å². The van der Waals surface area contributed by atoms with Crippen LogP contribution in [0.25, 0.3) is 0 Å². The molecule has 3 rings (SSSR count). The third-order valence-corrected chi connectivity index (χ3v) is 5.07. The largest absolute Gasteiger partial charge is 0.362 e. The second kappa shape index (κ2) is 6.48. The quantitative estimate of drug-likeness (QED) is 0.941. The highest BCUT2D eigenvalue weighted by Gasteiger charge is 2.27. The first kappa shape index (κ1) is 15.0. The second-order valence-corrected chi connectivity index (χ2v) is 6.47. The number of hydrogen-bond donors (Lipinski definition) is 1. The van der Waals surface area contributed by atoms with E-state index in [0.717, 1.165) is 48.2 Å². The van der Waals surface area contributed by atoms with Crippen molar-refractivity contribution in [2.24, 2.45) is 0 Å². The number of nitrogens with zero attached hydrogens (tertiary/aromatic N) is 4. The highest BCUT2D eigenvalue weighted by atomic mass is 32.1. The zero-order chi connectivity index (χ0) is 15.5. The van der Waals surface area contributed by atoms with E-state index >= 15 is 0 Å². The molecular weight excluding hydrogens is 298 g/mol. The maximum absolute atomic E-state index is 12.7. The summed E-state index contributed by atoms with van der Waals surface area (Å²) in [5.74, 6) is 0.109. The predicted molar refractivity (Wildman–Crippen MR) is 87.4 cm³/mol. The van der Waals surface area contributed by atoms with E-state index < -0.39 is 0 Å². The Morgan fingerprint density at radius 1 is 1.45 bits per heavy atom. The zero-order valence-corrected chi connectivity index (χ0v) is 13.8. The minimum atomic E-state index is 0.109. The molecule has 1 fully saturated rings. The topological polar surface area (TPSA) is 63.1 Å². The summed E-state index contributed by atoms with van der Waals surface area (Å²) in [5, 5.41) is 8.31. The molecular formula is C15H21N5OS. The van der Waals surface area contributed by atoms with Crippen LogP contribution in [0.2, 0.25) is 0 Å². The number of carbonyl (C=O) groups is 1. The maximum Gasteiger partial charge on any atom is 0.265 e. The monoisotopic (exact) mass is 319 g/mol.